The van der Waals surface area contributed by atoms with Gasteiger partial charge in [-0.2, -0.15) is 0 Å². The van der Waals surface area contributed by atoms with Gasteiger partial charge >= 0.3 is 0 Å². The summed E-state index contributed by atoms with van der Waals surface area (Å²) in [6.45, 7) is 2.19. The summed E-state index contributed by atoms with van der Waals surface area (Å²) in [5.41, 5.74) is 10.2. The lowest BCUT2D eigenvalue weighted by molar-refractivity contribution is 0.670. The second-order valence-electron chi connectivity index (χ2n) is 5.15. The van der Waals surface area contributed by atoms with Gasteiger partial charge in [0.15, 0.2) is 0 Å². The van der Waals surface area contributed by atoms with Gasteiger partial charge in [-0.3, -0.25) is 9.98 Å². The molecular weight excluding hydrogens is 246 g/mol. The Kier molecular flexibility index (Phi) is 3.33. The first-order valence-corrected chi connectivity index (χ1v) is 6.75. The van der Waals surface area contributed by atoms with Crippen molar-refractivity contribution in [3.8, 4) is 11.1 Å². The lowest BCUT2D eigenvalue weighted by Gasteiger charge is -2.21. The maximum Gasteiger partial charge on any atom is 0.0346 e. The summed E-state index contributed by atoms with van der Waals surface area (Å²) in [7, 11) is 0. The number of anilines is 1. The summed E-state index contributed by atoms with van der Waals surface area (Å²) in [6, 6.07) is 10.2. The standard InChI is InChI=1S/C17H17N3/c1-12-4-6-20-11-17(12)15-7-14(8-16(18)9-15)13-3-2-5-19-10-13/h2-12,17H,18H2,1H3. The van der Waals surface area contributed by atoms with Crippen LogP contribution < -0.4 is 5.73 Å². The average molecular weight is 263 g/mol. The molecule has 1 aliphatic rings. The second kappa shape index (κ2) is 5.29. The molecule has 0 saturated carbocycles. The molecule has 100 valence electrons. The van der Waals surface area contributed by atoms with Gasteiger partial charge in [-0.25, -0.2) is 0 Å². The molecule has 3 nitrogen and oxygen atoms in total. The highest BCUT2D eigenvalue weighted by molar-refractivity contribution is 5.75. The van der Waals surface area contributed by atoms with Crippen molar-refractivity contribution in [3.63, 3.8) is 0 Å². The molecule has 2 atom stereocenters. The molecule has 0 amide bonds. The van der Waals surface area contributed by atoms with E-state index in [2.05, 4.69) is 29.0 Å². The summed E-state index contributed by atoms with van der Waals surface area (Å²) in [6.07, 6.45) is 9.60. The minimum Gasteiger partial charge on any atom is -0.399 e. The molecule has 2 aromatic rings. The van der Waals surface area contributed by atoms with Gasteiger partial charge in [0, 0.05) is 42.0 Å². The topological polar surface area (TPSA) is 51.3 Å². The van der Waals surface area contributed by atoms with Crippen LogP contribution in [0.5, 0.6) is 0 Å². The van der Waals surface area contributed by atoms with Crippen molar-refractivity contribution >= 4 is 11.9 Å². The summed E-state index contributed by atoms with van der Waals surface area (Å²) in [5.74, 6) is 0.704. The van der Waals surface area contributed by atoms with Crippen LogP contribution in [0, 0.1) is 5.92 Å². The predicted octanol–water partition coefficient (Wildman–Crippen LogP) is 3.65. The number of aromatic nitrogens is 1. The molecule has 20 heavy (non-hydrogen) atoms. The molecule has 2 unspecified atom stereocenters. The third kappa shape index (κ3) is 2.48. The molecule has 0 spiro atoms. The lowest BCUT2D eigenvalue weighted by Crippen LogP contribution is -2.12. The summed E-state index contributed by atoms with van der Waals surface area (Å²) >= 11 is 0. The van der Waals surface area contributed by atoms with Gasteiger partial charge in [-0.05, 0) is 35.2 Å². The molecule has 1 aromatic heterocycles. The molecule has 0 fully saturated rings. The van der Waals surface area contributed by atoms with E-state index in [9.17, 15) is 0 Å². The molecule has 3 heteroatoms. The Morgan fingerprint density at radius 3 is 2.80 bits per heavy atom. The third-order valence-corrected chi connectivity index (χ3v) is 3.65. The monoisotopic (exact) mass is 263 g/mol. The van der Waals surface area contributed by atoms with Crippen LogP contribution in [0.1, 0.15) is 18.4 Å². The number of hydrogen-bond donors (Lipinski definition) is 1. The zero-order chi connectivity index (χ0) is 13.9. The zero-order valence-corrected chi connectivity index (χ0v) is 11.4. The molecule has 0 aliphatic carbocycles. The number of aliphatic imine (C=N–C) groups is 1. The van der Waals surface area contributed by atoms with E-state index in [1.807, 2.05) is 42.9 Å². The molecule has 1 aromatic carbocycles. The fourth-order valence-corrected chi connectivity index (χ4v) is 2.54. The van der Waals surface area contributed by atoms with Crippen LogP contribution in [0.15, 0.2) is 60.0 Å². The highest BCUT2D eigenvalue weighted by atomic mass is 14.7. The van der Waals surface area contributed by atoms with Gasteiger partial charge in [0.05, 0.1) is 0 Å². The number of pyridine rings is 1. The zero-order valence-electron chi connectivity index (χ0n) is 11.4. The van der Waals surface area contributed by atoms with Crippen LogP contribution in [-0.2, 0) is 0 Å². The van der Waals surface area contributed by atoms with Gasteiger partial charge in [-0.15, -0.1) is 0 Å². The van der Waals surface area contributed by atoms with Crippen LogP contribution >= 0.6 is 0 Å². The SMILES string of the molecule is CC1C=CN=CC1c1cc(N)cc(-c2cccnc2)c1. The van der Waals surface area contributed by atoms with Crippen molar-refractivity contribution in [2.45, 2.75) is 12.8 Å². The molecule has 0 bridgehead atoms. The minimum atomic E-state index is 0.277. The Morgan fingerprint density at radius 2 is 2.05 bits per heavy atom. The number of benzene rings is 1. The predicted molar refractivity (Wildman–Crippen MR) is 83.6 cm³/mol. The molecule has 1 aliphatic heterocycles. The Morgan fingerprint density at radius 1 is 1.15 bits per heavy atom. The van der Waals surface area contributed by atoms with Crippen molar-refractivity contribution in [3.05, 3.63) is 60.6 Å². The van der Waals surface area contributed by atoms with E-state index in [1.165, 1.54) is 5.56 Å². The molecular formula is C17H17N3. The number of nitrogen functional groups attached to an aromatic ring is 1. The second-order valence-corrected chi connectivity index (χ2v) is 5.15. The van der Waals surface area contributed by atoms with Gasteiger partial charge in [0.25, 0.3) is 0 Å². The number of rotatable bonds is 2. The highest BCUT2D eigenvalue weighted by Crippen LogP contribution is 2.31. The average Bonchev–Trinajstić information content (AvgIpc) is 2.48. The van der Waals surface area contributed by atoms with Crippen molar-refractivity contribution in [1.82, 2.24) is 4.98 Å². The van der Waals surface area contributed by atoms with Crippen molar-refractivity contribution < 1.29 is 0 Å². The van der Waals surface area contributed by atoms with Crippen molar-refractivity contribution in [1.29, 1.82) is 0 Å². The van der Waals surface area contributed by atoms with E-state index in [0.29, 0.717) is 5.92 Å². The van der Waals surface area contributed by atoms with Gasteiger partial charge in [0.1, 0.15) is 0 Å². The van der Waals surface area contributed by atoms with E-state index in [0.717, 1.165) is 16.8 Å². The number of hydrogen-bond acceptors (Lipinski definition) is 3. The first-order valence-electron chi connectivity index (χ1n) is 6.75. The maximum absolute atomic E-state index is 6.07. The smallest absolute Gasteiger partial charge is 0.0346 e. The van der Waals surface area contributed by atoms with E-state index < -0.39 is 0 Å². The van der Waals surface area contributed by atoms with Gasteiger partial charge < -0.3 is 5.73 Å². The normalized spacial score (nSPS) is 21.1. The van der Waals surface area contributed by atoms with Crippen LogP contribution in [0.2, 0.25) is 0 Å². The fraction of sp³-hybridized carbons (Fsp3) is 0.176. The Labute approximate surface area is 118 Å². The lowest BCUT2D eigenvalue weighted by atomic mass is 9.85. The first-order chi connectivity index (χ1) is 9.74. The quantitative estimate of drug-likeness (QED) is 0.841. The minimum absolute atomic E-state index is 0.277. The van der Waals surface area contributed by atoms with Crippen LogP contribution in [0.25, 0.3) is 11.1 Å². The maximum atomic E-state index is 6.07. The van der Waals surface area contributed by atoms with E-state index in [4.69, 9.17) is 5.73 Å². The highest BCUT2D eigenvalue weighted by Gasteiger charge is 2.18. The fourth-order valence-electron chi connectivity index (χ4n) is 2.54. The first kappa shape index (κ1) is 12.6. The van der Waals surface area contributed by atoms with Crippen LogP contribution in [0.4, 0.5) is 5.69 Å². The number of allylic oxidation sites excluding steroid dienone is 1. The summed E-state index contributed by atoms with van der Waals surface area (Å²) in [4.78, 5) is 8.43. The molecule has 2 heterocycles. The van der Waals surface area contributed by atoms with Crippen molar-refractivity contribution in [2.75, 3.05) is 5.73 Å². The molecule has 0 saturated heterocycles. The largest absolute Gasteiger partial charge is 0.399 e. The van der Waals surface area contributed by atoms with E-state index in [1.54, 1.807) is 6.20 Å². The summed E-state index contributed by atoms with van der Waals surface area (Å²) in [5, 5.41) is 0. The molecule has 0 radical (unpaired) electrons. The van der Waals surface area contributed by atoms with E-state index >= 15 is 0 Å². The summed E-state index contributed by atoms with van der Waals surface area (Å²) < 4.78 is 0. The Balaban J connectivity index is 2.03. The number of nitrogens with two attached hydrogens (primary N) is 1. The van der Waals surface area contributed by atoms with Gasteiger partial charge in [-0.1, -0.05) is 25.1 Å². The van der Waals surface area contributed by atoms with Crippen LogP contribution in [-0.4, -0.2) is 11.2 Å². The Hall–Kier alpha value is -2.42. The third-order valence-electron chi connectivity index (χ3n) is 3.65. The molecule has 3 rings (SSSR count). The van der Waals surface area contributed by atoms with Crippen molar-refractivity contribution in [2.24, 2.45) is 10.9 Å². The van der Waals surface area contributed by atoms with Crippen LogP contribution in [0.3, 0.4) is 0 Å². The van der Waals surface area contributed by atoms with E-state index in [-0.39, 0.29) is 5.92 Å². The molecule has 2 N–H and O–H groups in total. The number of nitrogens with zero attached hydrogens (tertiary/aromatic N) is 2. The Bertz CT molecular complexity index is 659. The van der Waals surface area contributed by atoms with Gasteiger partial charge in [0.2, 0.25) is 0 Å².